The Kier molecular flexibility index (Phi) is 6.22. The number of hydrogen-bond donors (Lipinski definition) is 1. The van der Waals surface area contributed by atoms with E-state index in [-0.39, 0.29) is 16.5 Å². The van der Waals surface area contributed by atoms with Crippen molar-refractivity contribution >= 4 is 23.5 Å². The highest BCUT2D eigenvalue weighted by Gasteiger charge is 2.35. The van der Waals surface area contributed by atoms with Crippen molar-refractivity contribution in [3.8, 4) is 22.1 Å². The Morgan fingerprint density at radius 2 is 1.94 bits per heavy atom. The minimum atomic E-state index is -4.62. The Hall–Kier alpha value is -3.99. The average Bonchev–Trinajstić information content (AvgIpc) is 3.47. The van der Waals surface area contributed by atoms with Crippen LogP contribution in [0.3, 0.4) is 0 Å². The van der Waals surface area contributed by atoms with Crippen LogP contribution in [0.1, 0.15) is 21.7 Å². The lowest BCUT2D eigenvalue weighted by Gasteiger charge is -2.03. The quantitative estimate of drug-likeness (QED) is 0.324. The van der Waals surface area contributed by atoms with Crippen molar-refractivity contribution in [3.63, 3.8) is 0 Å². The molecule has 0 aliphatic rings. The highest BCUT2D eigenvalue weighted by Crippen LogP contribution is 2.33. The Bertz CT molecular complexity index is 1300. The van der Waals surface area contributed by atoms with E-state index in [1.165, 1.54) is 11.6 Å². The lowest BCUT2D eigenvalue weighted by Crippen LogP contribution is -2.18. The van der Waals surface area contributed by atoms with Crippen LogP contribution in [0.4, 0.5) is 13.2 Å². The van der Waals surface area contributed by atoms with Gasteiger partial charge in [-0.05, 0) is 23.8 Å². The smallest absolute Gasteiger partial charge is 0.435 e. The third-order valence-corrected chi connectivity index (χ3v) is 5.26. The zero-order valence-corrected chi connectivity index (χ0v) is 17.9. The van der Waals surface area contributed by atoms with E-state index in [1.54, 1.807) is 61.7 Å². The lowest BCUT2D eigenvalue weighted by atomic mass is 10.1. The van der Waals surface area contributed by atoms with Gasteiger partial charge in [0.05, 0.1) is 19.0 Å². The molecule has 168 valence electrons. The van der Waals surface area contributed by atoms with Crippen LogP contribution in [-0.2, 0) is 6.18 Å². The maximum Gasteiger partial charge on any atom is 0.435 e. The van der Waals surface area contributed by atoms with Gasteiger partial charge in [0.25, 0.3) is 5.91 Å². The van der Waals surface area contributed by atoms with Gasteiger partial charge in [-0.1, -0.05) is 42.5 Å². The maximum absolute atomic E-state index is 13.3. The number of benzene rings is 2. The molecule has 0 unspecified atom stereocenters. The molecule has 0 fully saturated rings. The van der Waals surface area contributed by atoms with Crippen molar-refractivity contribution < 1.29 is 22.7 Å². The van der Waals surface area contributed by atoms with Crippen molar-refractivity contribution in [3.05, 3.63) is 83.0 Å². The molecule has 0 spiro atoms. The fourth-order valence-electron chi connectivity index (χ4n) is 2.89. The monoisotopic (exact) mass is 471 g/mol. The van der Waals surface area contributed by atoms with E-state index >= 15 is 0 Å². The number of methoxy groups -OCH3 is 1. The number of carbonyl (C=O) groups excluding carboxylic acids is 1. The van der Waals surface area contributed by atoms with Crippen LogP contribution in [0, 0.1) is 0 Å². The summed E-state index contributed by atoms with van der Waals surface area (Å²) in [6.07, 6.45) is -3.19. The van der Waals surface area contributed by atoms with Gasteiger partial charge in [0, 0.05) is 10.9 Å². The highest BCUT2D eigenvalue weighted by atomic mass is 32.1. The standard InChI is InChI=1S/C22H16F3N5O2S/c1-32-16-9-5-6-14(10-16)12-26-28-20(31)17-13-33-21(27-17)30-18(15-7-3-2-4-8-15)11-19(29-30)22(23,24)25/h2-13H,1H3,(H,28,31)/b26-12+. The van der Waals surface area contributed by atoms with Gasteiger partial charge in [0.15, 0.2) is 5.69 Å². The van der Waals surface area contributed by atoms with Crippen LogP contribution >= 0.6 is 11.3 Å². The summed E-state index contributed by atoms with van der Waals surface area (Å²) in [6, 6.07) is 16.5. The number of hydrazone groups is 1. The van der Waals surface area contributed by atoms with Crippen LogP contribution < -0.4 is 10.2 Å². The number of thiazole rings is 1. The summed E-state index contributed by atoms with van der Waals surface area (Å²) in [4.78, 5) is 16.6. The fourth-order valence-corrected chi connectivity index (χ4v) is 3.66. The predicted molar refractivity (Wildman–Crippen MR) is 118 cm³/mol. The number of carbonyl (C=O) groups is 1. The number of hydrogen-bond acceptors (Lipinski definition) is 6. The molecule has 1 amide bonds. The number of ether oxygens (including phenoxy) is 1. The van der Waals surface area contributed by atoms with Gasteiger partial charge in [-0.15, -0.1) is 11.3 Å². The second-order valence-electron chi connectivity index (χ2n) is 6.68. The first-order chi connectivity index (χ1) is 15.8. The van der Waals surface area contributed by atoms with Crippen LogP contribution in [-0.4, -0.2) is 34.0 Å². The summed E-state index contributed by atoms with van der Waals surface area (Å²) in [5, 5.41) is 9.12. The number of halogens is 3. The zero-order valence-electron chi connectivity index (χ0n) is 17.1. The number of alkyl halides is 3. The van der Waals surface area contributed by atoms with Crippen LogP contribution in [0.25, 0.3) is 16.4 Å². The van der Waals surface area contributed by atoms with Gasteiger partial charge in [-0.3, -0.25) is 4.79 Å². The second-order valence-corrected chi connectivity index (χ2v) is 7.52. The Morgan fingerprint density at radius 1 is 1.15 bits per heavy atom. The number of nitrogens with one attached hydrogen (secondary N) is 1. The summed E-state index contributed by atoms with van der Waals surface area (Å²) >= 11 is 0.991. The van der Waals surface area contributed by atoms with Gasteiger partial charge in [0.2, 0.25) is 5.13 Å². The van der Waals surface area contributed by atoms with E-state index in [4.69, 9.17) is 4.74 Å². The first kappa shape index (κ1) is 22.2. The molecule has 7 nitrogen and oxygen atoms in total. The van der Waals surface area contributed by atoms with Crippen LogP contribution in [0.2, 0.25) is 0 Å². The van der Waals surface area contributed by atoms with Gasteiger partial charge >= 0.3 is 6.18 Å². The molecule has 2 aromatic carbocycles. The maximum atomic E-state index is 13.3. The minimum Gasteiger partial charge on any atom is -0.497 e. The predicted octanol–water partition coefficient (Wildman–Crippen LogP) is 4.79. The molecule has 4 rings (SSSR count). The fraction of sp³-hybridized carbons (Fsp3) is 0.0909. The van der Waals surface area contributed by atoms with E-state index in [2.05, 4.69) is 20.6 Å². The molecule has 11 heteroatoms. The van der Waals surface area contributed by atoms with E-state index < -0.39 is 17.8 Å². The summed E-state index contributed by atoms with van der Waals surface area (Å²) in [5.41, 5.74) is 2.75. The SMILES string of the molecule is COc1cccc(/C=N/NC(=O)c2csc(-n3nc(C(F)(F)F)cc3-c3ccccc3)n2)c1. The second kappa shape index (κ2) is 9.25. The molecule has 4 aromatic rings. The highest BCUT2D eigenvalue weighted by molar-refractivity contribution is 7.12. The molecule has 0 radical (unpaired) electrons. The van der Waals surface area contributed by atoms with E-state index in [0.717, 1.165) is 22.1 Å². The van der Waals surface area contributed by atoms with Crippen molar-refractivity contribution in [2.24, 2.45) is 5.10 Å². The number of nitrogens with zero attached hydrogens (tertiary/aromatic N) is 4. The Balaban J connectivity index is 1.57. The molecule has 2 aromatic heterocycles. The molecular weight excluding hydrogens is 455 g/mol. The van der Waals surface area contributed by atoms with Crippen LogP contribution in [0.5, 0.6) is 5.75 Å². The summed E-state index contributed by atoms with van der Waals surface area (Å²) in [6.45, 7) is 0. The summed E-state index contributed by atoms with van der Waals surface area (Å²) in [5.74, 6) is 0.0298. The molecule has 1 N–H and O–H groups in total. The minimum absolute atomic E-state index is 0.000799. The van der Waals surface area contributed by atoms with Gasteiger partial charge < -0.3 is 4.74 Å². The van der Waals surface area contributed by atoms with E-state index in [9.17, 15) is 18.0 Å². The molecular formula is C22H16F3N5O2S. The van der Waals surface area contributed by atoms with Crippen molar-refractivity contribution in [1.29, 1.82) is 0 Å². The zero-order chi connectivity index (χ0) is 23.4. The third kappa shape index (κ3) is 5.09. The van der Waals surface area contributed by atoms with Crippen molar-refractivity contribution in [1.82, 2.24) is 20.2 Å². The molecule has 0 atom stereocenters. The number of rotatable bonds is 6. The van der Waals surface area contributed by atoms with Crippen molar-refractivity contribution in [2.45, 2.75) is 6.18 Å². The average molecular weight is 471 g/mol. The molecule has 0 aliphatic heterocycles. The molecule has 2 heterocycles. The molecule has 0 aliphatic carbocycles. The van der Waals surface area contributed by atoms with Gasteiger partial charge in [-0.25, -0.2) is 15.1 Å². The molecule has 0 saturated heterocycles. The molecule has 0 saturated carbocycles. The van der Waals surface area contributed by atoms with Crippen molar-refractivity contribution in [2.75, 3.05) is 7.11 Å². The Morgan fingerprint density at radius 3 is 2.67 bits per heavy atom. The largest absolute Gasteiger partial charge is 0.497 e. The third-order valence-electron chi connectivity index (χ3n) is 4.45. The first-order valence-corrected chi connectivity index (χ1v) is 10.4. The van der Waals surface area contributed by atoms with Gasteiger partial charge in [0.1, 0.15) is 11.4 Å². The first-order valence-electron chi connectivity index (χ1n) is 9.51. The van der Waals surface area contributed by atoms with Crippen LogP contribution in [0.15, 0.2) is 71.1 Å². The normalized spacial score (nSPS) is 11.6. The number of amides is 1. The lowest BCUT2D eigenvalue weighted by molar-refractivity contribution is -0.141. The Labute approximate surface area is 190 Å². The molecule has 33 heavy (non-hydrogen) atoms. The summed E-state index contributed by atoms with van der Waals surface area (Å²) < 4.78 is 46.1. The summed E-state index contributed by atoms with van der Waals surface area (Å²) in [7, 11) is 1.54. The van der Waals surface area contributed by atoms with Gasteiger partial charge in [-0.2, -0.15) is 23.4 Å². The topological polar surface area (TPSA) is 81.4 Å². The number of aromatic nitrogens is 3. The van der Waals surface area contributed by atoms with E-state index in [1.807, 2.05) is 0 Å². The van der Waals surface area contributed by atoms with E-state index in [0.29, 0.717) is 16.9 Å². The molecule has 0 bridgehead atoms.